The van der Waals surface area contributed by atoms with Gasteiger partial charge >= 0.3 is 6.03 Å². The number of fused-ring (bicyclic) bond motifs is 12. The maximum atomic E-state index is 12.7. The number of aromatic amines is 5. The molecule has 31 nitrogen and oxygen atoms in total. The number of benzene rings is 5. The first kappa shape index (κ1) is 73.6. The minimum absolute atomic E-state index is 0.00982. The van der Waals surface area contributed by atoms with Crippen LogP contribution in [0, 0.1) is 0 Å². The maximum Gasteiger partial charge on any atom is 0.320 e. The van der Waals surface area contributed by atoms with Gasteiger partial charge in [0.25, 0.3) is 0 Å². The summed E-state index contributed by atoms with van der Waals surface area (Å²) >= 11 is 0. The minimum Gasteiger partial charge on any atom is -0.478 e. The highest BCUT2D eigenvalue weighted by molar-refractivity contribution is 6.10. The molecule has 16 heterocycles. The predicted molar refractivity (Wildman–Crippen MR) is 451 cm³/mol. The van der Waals surface area contributed by atoms with E-state index in [0.717, 1.165) is 179 Å². The number of carbonyl (C=O) groups excluding carboxylic acids is 3. The van der Waals surface area contributed by atoms with E-state index in [2.05, 4.69) is 114 Å². The molecule has 17 aromatic rings. The molecule has 4 aliphatic rings. The number of hydrogen-bond donors (Lipinski definition) is 9. The zero-order valence-electron chi connectivity index (χ0n) is 64.3. The van der Waals surface area contributed by atoms with Crippen LogP contribution in [-0.4, -0.2) is 178 Å². The molecule has 4 saturated heterocycles. The highest BCUT2D eigenvalue weighted by Gasteiger charge is 2.33. The summed E-state index contributed by atoms with van der Waals surface area (Å²) in [5.74, 6) is 5.98. The number of H-pyrrole nitrogens is 5. The molecule has 12 aromatic heterocycles. The molecule has 0 radical (unpaired) electrons. The van der Waals surface area contributed by atoms with Crippen LogP contribution in [0.2, 0.25) is 0 Å². The minimum atomic E-state index is 0.00982. The van der Waals surface area contributed by atoms with E-state index in [9.17, 15) is 14.4 Å². The van der Waals surface area contributed by atoms with Crippen LogP contribution in [0.5, 0.6) is 0 Å². The van der Waals surface area contributed by atoms with Gasteiger partial charge in [-0.15, -0.1) is 0 Å². The molecule has 4 amide bonds. The zero-order valence-corrected chi connectivity index (χ0v) is 64.3. The van der Waals surface area contributed by atoms with Crippen molar-refractivity contribution in [3.05, 3.63) is 218 Å². The second-order valence-corrected chi connectivity index (χ2v) is 29.6. The molecule has 1 atom stereocenters. The van der Waals surface area contributed by atoms with Gasteiger partial charge in [-0.3, -0.25) is 29.8 Å². The number of anilines is 4. The van der Waals surface area contributed by atoms with Crippen LogP contribution in [0.1, 0.15) is 73.8 Å². The van der Waals surface area contributed by atoms with E-state index >= 15 is 0 Å². The number of nitrogens with two attached hydrogens (primary N) is 4. The number of pyridine rings is 6. The number of imidazole rings is 4. The van der Waals surface area contributed by atoms with E-state index in [1.807, 2.05) is 136 Å². The molecule has 0 saturated carbocycles. The van der Waals surface area contributed by atoms with Gasteiger partial charge in [0.2, 0.25) is 11.8 Å². The van der Waals surface area contributed by atoms with E-state index < -0.39 is 0 Å². The average Bonchev–Trinajstić information content (AvgIpc) is 1.62. The monoisotopic (exact) mass is 1560 g/mol. The van der Waals surface area contributed by atoms with Crippen molar-refractivity contribution in [3.63, 3.8) is 0 Å². The Morgan fingerprint density at radius 3 is 1.50 bits per heavy atom. The molecule has 117 heavy (non-hydrogen) atoms. The number of likely N-dealkylation sites (N-methyl/N-ethyl adjacent to an activating group) is 1. The molecule has 0 aliphatic carbocycles. The van der Waals surface area contributed by atoms with Crippen LogP contribution in [0.4, 0.5) is 28.1 Å². The number of nitrogens with one attached hydrogen (secondary N) is 5. The first-order chi connectivity index (χ1) is 57.1. The van der Waals surface area contributed by atoms with E-state index in [1.165, 1.54) is 5.56 Å². The number of ether oxygens (including phenoxy) is 1. The van der Waals surface area contributed by atoms with Crippen molar-refractivity contribution in [1.29, 1.82) is 0 Å². The number of urea groups is 1. The summed E-state index contributed by atoms with van der Waals surface area (Å²) < 4.78 is 7.64. The third kappa shape index (κ3) is 14.7. The van der Waals surface area contributed by atoms with Gasteiger partial charge in [-0.25, -0.2) is 44.7 Å². The van der Waals surface area contributed by atoms with Gasteiger partial charge in [0.05, 0.1) is 71.7 Å². The van der Waals surface area contributed by atoms with Gasteiger partial charge in [-0.2, -0.15) is 10.2 Å². The number of likely N-dealkylation sites (tertiary alicyclic amines) is 2. The summed E-state index contributed by atoms with van der Waals surface area (Å²) in [6.07, 6.45) is 14.8. The molecule has 5 aromatic carbocycles. The number of aryl methyl sites for hydroxylation is 1. The standard InChI is InChI=1S/C26H22N6O.C24H26N6O.C18H18N8O.C18H17N7O/c27-26-25-24(20-9-8-17(11-21(20)29-26)18-7-4-10-28-13-18)30-22(31-25)15-32-14-19(12-23(32)33)16-5-2-1-3-6-16;1-2-3-12-30-20(15-29-11-5-7-21(29)31)28-22-23(30)18-9-8-16(13-19(18)27-24(22)25)17-6-4-10-26-14-17;1-25-6-7-26(18(25)27)9-14-22-15-11-3-2-10(12-4-5-20-24-12)8-13(11)21-17(19)16(15)23-14;1-10-25(6-7-26-10)9-15-22-16-12-3-2-11(13-4-5-20-24-13)8-14(12)21-18(19)17(16)23-15/h1-11,13,19H,12,14-15H2,(H2,27,29)(H,30,31);4,6,8-10,13-14H,2-3,5,7,11-12,15H2,1H3,(H2,25,27);2-5,8H,6-7,9H2,1H3,(H2,19,21)(H,20,24)(H,22,23);2-5,8H,1,6-7,9H2,(H2,19,21)(H,20,24)(H,22,23). The van der Waals surface area contributed by atoms with Crippen molar-refractivity contribution >= 4 is 129 Å². The Morgan fingerprint density at radius 2 is 1.01 bits per heavy atom. The molecule has 1 unspecified atom stereocenters. The van der Waals surface area contributed by atoms with Crippen molar-refractivity contribution in [2.45, 2.75) is 77.7 Å². The summed E-state index contributed by atoms with van der Waals surface area (Å²) in [5, 5.41) is 17.7. The SMILES string of the molecule is C=C1OCCN1Cc1nc2c([nH]1)c(N)nc1cc(-c3ccn[nH]3)ccc12.CCCCn1c(CN2CCCC2=O)nc2c(N)nc3cc(-c4cccnc4)ccc3c21.CN1CCN(Cc2nc3c([nH]2)c(N)nc2cc(-c4ccn[nH]4)ccc23)C1=O.Nc1nc2cc(-c3cccnc3)ccc2c2nc(CN3CC(c4ccccc4)CC3=O)[nH]c12. The fourth-order valence-electron chi connectivity index (χ4n) is 15.9. The topological polar surface area (TPSA) is 419 Å². The average molecular weight is 1560 g/mol. The van der Waals surface area contributed by atoms with Crippen LogP contribution in [0.3, 0.4) is 0 Å². The Bertz CT molecular complexity index is 6620. The zero-order chi connectivity index (χ0) is 80.0. The molecular weight excluding hydrogens is 1480 g/mol. The summed E-state index contributed by atoms with van der Waals surface area (Å²) in [7, 11) is 1.80. The van der Waals surface area contributed by atoms with Gasteiger partial charge < -0.3 is 71.7 Å². The Kier molecular flexibility index (Phi) is 19.6. The number of rotatable bonds is 16. The third-order valence-corrected chi connectivity index (χ3v) is 21.9. The van der Waals surface area contributed by atoms with Crippen molar-refractivity contribution in [3.8, 4) is 44.8 Å². The number of aromatic nitrogens is 18. The molecule has 4 aliphatic heterocycles. The lowest BCUT2D eigenvalue weighted by Crippen LogP contribution is -2.29. The van der Waals surface area contributed by atoms with E-state index in [1.54, 1.807) is 41.6 Å². The maximum absolute atomic E-state index is 12.7. The highest BCUT2D eigenvalue weighted by atomic mass is 16.5. The fourth-order valence-corrected chi connectivity index (χ4v) is 15.9. The van der Waals surface area contributed by atoms with Crippen molar-refractivity contribution in [2.75, 3.05) is 69.3 Å². The van der Waals surface area contributed by atoms with Gasteiger partial charge in [0.1, 0.15) is 86.0 Å². The predicted octanol–water partition coefficient (Wildman–Crippen LogP) is 12.8. The molecular formula is C86H83N27O4. The van der Waals surface area contributed by atoms with Crippen LogP contribution in [0.25, 0.3) is 133 Å². The summed E-state index contributed by atoms with van der Waals surface area (Å²) in [6.45, 7) is 13.2. The Labute approximate surface area is 668 Å². The largest absolute Gasteiger partial charge is 0.478 e. The lowest BCUT2D eigenvalue weighted by Gasteiger charge is -2.17. The Hall–Kier alpha value is -14.9. The quantitative estimate of drug-likeness (QED) is 0.0434. The van der Waals surface area contributed by atoms with E-state index in [0.29, 0.717) is 111 Å². The Balaban J connectivity index is 0.000000108. The van der Waals surface area contributed by atoms with Gasteiger partial charge in [0.15, 0.2) is 11.7 Å². The molecule has 21 rings (SSSR count). The number of unbranched alkanes of at least 4 members (excludes halogenated alkanes) is 1. The molecule has 13 N–H and O–H groups in total. The smallest absolute Gasteiger partial charge is 0.320 e. The second kappa shape index (κ2) is 31.2. The summed E-state index contributed by atoms with van der Waals surface area (Å²) in [4.78, 5) is 102. The van der Waals surface area contributed by atoms with Crippen molar-refractivity contribution in [2.24, 2.45) is 0 Å². The van der Waals surface area contributed by atoms with Gasteiger partial charge in [-0.1, -0.05) is 86.1 Å². The summed E-state index contributed by atoms with van der Waals surface area (Å²) in [5.41, 5.74) is 43.6. The first-order valence-electron chi connectivity index (χ1n) is 38.9. The third-order valence-electron chi connectivity index (χ3n) is 21.9. The number of nitrogen functional groups attached to an aromatic ring is 4. The molecule has 0 spiro atoms. The van der Waals surface area contributed by atoms with Crippen molar-refractivity contribution < 1.29 is 19.1 Å². The van der Waals surface area contributed by atoms with Gasteiger partial charge in [0, 0.05) is 140 Å². The fraction of sp³-hybridized carbons (Fsp3) is 0.221. The lowest BCUT2D eigenvalue weighted by atomic mass is 9.99. The van der Waals surface area contributed by atoms with Crippen LogP contribution >= 0.6 is 0 Å². The Morgan fingerprint density at radius 1 is 0.487 bits per heavy atom. The molecule has 4 fully saturated rings. The van der Waals surface area contributed by atoms with Gasteiger partial charge in [-0.05, 0) is 103 Å². The van der Waals surface area contributed by atoms with E-state index in [4.69, 9.17) is 47.6 Å². The molecule has 0 bridgehead atoms. The molecule has 31 heteroatoms. The summed E-state index contributed by atoms with van der Waals surface area (Å²) in [6, 6.07) is 46.2. The number of amides is 4. The van der Waals surface area contributed by atoms with Crippen LogP contribution in [0.15, 0.2) is 189 Å². The normalized spacial score (nSPS) is 15.0. The number of carbonyl (C=O) groups is 3. The number of hydrogen-bond acceptors (Lipinski definition) is 21. The second-order valence-electron chi connectivity index (χ2n) is 29.6. The van der Waals surface area contributed by atoms with E-state index in [-0.39, 0.29) is 23.8 Å². The first-order valence-corrected chi connectivity index (χ1v) is 38.9. The molecule has 586 valence electrons. The van der Waals surface area contributed by atoms with Crippen LogP contribution in [-0.2, 0) is 47.0 Å². The van der Waals surface area contributed by atoms with Crippen LogP contribution < -0.4 is 22.9 Å². The highest BCUT2D eigenvalue weighted by Crippen LogP contribution is 2.38. The van der Waals surface area contributed by atoms with Crippen molar-refractivity contribution in [1.82, 2.24) is 114 Å². The lowest BCUT2D eigenvalue weighted by molar-refractivity contribution is -0.129. The number of nitrogens with zero attached hydrogens (tertiary/aromatic N) is 18.